The molecular weight excluding hydrogens is 82.4 g/mol. The van der Waals surface area contributed by atoms with E-state index in [0.29, 0.717) is 0 Å². The zero-order valence-corrected chi connectivity index (χ0v) is 4.12. The van der Waals surface area contributed by atoms with Crippen LogP contribution in [-0.4, -0.2) is 7.11 Å². The van der Waals surface area contributed by atoms with Gasteiger partial charge in [0.2, 0.25) is 0 Å². The van der Waals surface area contributed by atoms with Crippen LogP contribution in [0, 0.1) is 6.07 Å². The van der Waals surface area contributed by atoms with Crippen molar-refractivity contribution in [2.45, 2.75) is 0 Å². The first-order valence-electron chi connectivity index (χ1n) is 0.862. The van der Waals surface area contributed by atoms with Crippen LogP contribution in [0.2, 0.25) is 0 Å². The van der Waals surface area contributed by atoms with Crippen molar-refractivity contribution in [3.8, 4) is 0 Å². The molecule has 0 aromatic carbocycles. The van der Waals surface area contributed by atoms with Gasteiger partial charge in [-0.1, -0.05) is 0 Å². The second-order valence-electron chi connectivity index (χ2n) is 0.325. The van der Waals surface area contributed by atoms with Crippen molar-refractivity contribution in [3.05, 3.63) is 6.07 Å². The summed E-state index contributed by atoms with van der Waals surface area (Å²) in [4.78, 5) is 0. The maximum Gasteiger partial charge on any atom is 1.00 e. The van der Waals surface area contributed by atoms with E-state index in [4.69, 9.17) is 11.6 Å². The van der Waals surface area contributed by atoms with E-state index in [1.165, 1.54) is 7.11 Å². The molecule has 5 heavy (non-hydrogen) atoms. The molecule has 0 radical (unpaired) electrons. The van der Waals surface area contributed by atoms with E-state index in [0.717, 1.165) is 6.07 Å². The van der Waals surface area contributed by atoms with Crippen LogP contribution < -0.4 is 18.9 Å². The molecule has 0 saturated carbocycles. The Morgan fingerprint density at radius 2 is 2.00 bits per heavy atom. The molecule has 1 nitrogen and oxygen atoms in total. The Labute approximate surface area is 48.8 Å². The van der Waals surface area contributed by atoms with Gasteiger partial charge in [0.15, 0.2) is 0 Å². The maximum absolute atomic E-state index is 4.84. The van der Waals surface area contributed by atoms with Crippen LogP contribution in [0.3, 0.4) is 0 Å². The van der Waals surface area contributed by atoms with Crippen molar-refractivity contribution in [1.29, 1.82) is 0 Å². The third-order valence-corrected chi connectivity index (χ3v) is 0.267. The van der Waals surface area contributed by atoms with Crippen LogP contribution >= 0.6 is 11.6 Å². The van der Waals surface area contributed by atoms with E-state index in [-0.39, 0.29) is 18.9 Å². The summed E-state index contributed by atoms with van der Waals surface area (Å²) in [5.41, 5.74) is 0. The Balaban J connectivity index is 0. The van der Waals surface area contributed by atoms with Crippen LogP contribution in [0.5, 0.6) is 0 Å². The predicted molar refractivity (Wildman–Crippen MR) is 17.2 cm³/mol. The Hall–Kier alpha value is 0.847. The number of halogens is 1. The van der Waals surface area contributed by atoms with Crippen molar-refractivity contribution in [2.75, 3.05) is 7.11 Å². The molecule has 0 bridgehead atoms. The number of methoxy groups -OCH3 is 1. The molecule has 0 aromatic rings. The van der Waals surface area contributed by atoms with Gasteiger partial charge in [0.05, 0.1) is 0 Å². The van der Waals surface area contributed by atoms with Gasteiger partial charge in [-0.2, -0.15) is 0 Å². The van der Waals surface area contributed by atoms with Crippen LogP contribution in [-0.2, 0) is 4.74 Å². The third-order valence-electron chi connectivity index (χ3n) is 0.0891. The molecule has 0 fully saturated rings. The SMILES string of the molecule is CO[CH-]Cl.[Li+]. The molecule has 0 aliphatic heterocycles. The monoisotopic (exact) mass is 86.0 g/mol. The third kappa shape index (κ3) is 11.5. The zero-order valence-electron chi connectivity index (χ0n) is 3.36. The van der Waals surface area contributed by atoms with Crippen molar-refractivity contribution < 1.29 is 23.6 Å². The number of ether oxygens (including phenoxy) is 1. The molecule has 0 amide bonds. The van der Waals surface area contributed by atoms with Crippen LogP contribution in [0.1, 0.15) is 0 Å². The summed E-state index contributed by atoms with van der Waals surface area (Å²) in [5, 5.41) is 0. The first-order chi connectivity index (χ1) is 1.91. The molecule has 0 aliphatic rings. The van der Waals surface area contributed by atoms with E-state index in [2.05, 4.69) is 4.74 Å². The second-order valence-corrected chi connectivity index (χ2v) is 0.503. The second kappa shape index (κ2) is 8.85. The molecule has 0 N–H and O–H groups in total. The minimum absolute atomic E-state index is 0. The van der Waals surface area contributed by atoms with Crippen molar-refractivity contribution in [3.63, 3.8) is 0 Å². The van der Waals surface area contributed by atoms with Gasteiger partial charge in [0, 0.05) is 7.11 Å². The zero-order chi connectivity index (χ0) is 3.41. The largest absolute Gasteiger partial charge is 1.00 e. The topological polar surface area (TPSA) is 9.23 Å². The van der Waals surface area contributed by atoms with Gasteiger partial charge in [-0.15, -0.1) is 6.07 Å². The van der Waals surface area contributed by atoms with Crippen molar-refractivity contribution >= 4 is 11.6 Å². The molecule has 0 unspecified atom stereocenters. The average molecular weight is 86.4 g/mol. The summed E-state index contributed by atoms with van der Waals surface area (Å²) in [6, 6.07) is 1.10. The standard InChI is InChI=1S/C2H4ClO.Li/c1-4-2-3;/h2H,1H3;/q-1;+1. The van der Waals surface area contributed by atoms with Crippen molar-refractivity contribution in [1.82, 2.24) is 0 Å². The summed E-state index contributed by atoms with van der Waals surface area (Å²) in [5.74, 6) is 0. The van der Waals surface area contributed by atoms with Gasteiger partial charge in [-0.3, -0.25) is 0 Å². The summed E-state index contributed by atoms with van der Waals surface area (Å²) >= 11 is 4.84. The molecule has 0 atom stereocenters. The van der Waals surface area contributed by atoms with Gasteiger partial charge in [-0.25, -0.2) is 0 Å². The first kappa shape index (κ1) is 9.28. The Bertz CT molecular complexity index is 11.6. The van der Waals surface area contributed by atoms with Gasteiger partial charge < -0.3 is 16.3 Å². The summed E-state index contributed by atoms with van der Waals surface area (Å²) in [6.45, 7) is 0. The molecule has 0 aromatic heterocycles. The number of hydrogen-bond acceptors (Lipinski definition) is 1. The summed E-state index contributed by atoms with van der Waals surface area (Å²) < 4.78 is 4.18. The van der Waals surface area contributed by atoms with Crippen LogP contribution in [0.4, 0.5) is 0 Å². The van der Waals surface area contributed by atoms with Crippen molar-refractivity contribution in [2.24, 2.45) is 0 Å². The minimum atomic E-state index is 0. The molecule has 0 spiro atoms. The molecule has 0 aliphatic carbocycles. The molecular formula is C2H4ClLiO. The summed E-state index contributed by atoms with van der Waals surface area (Å²) in [6.07, 6.45) is 0. The van der Waals surface area contributed by atoms with Gasteiger partial charge >= 0.3 is 18.9 Å². The Morgan fingerprint density at radius 3 is 2.00 bits per heavy atom. The number of rotatable bonds is 1. The molecule has 26 valence electrons. The fourth-order valence-electron chi connectivity index (χ4n) is 0. The van der Waals surface area contributed by atoms with E-state index >= 15 is 0 Å². The van der Waals surface area contributed by atoms with Gasteiger partial charge in [0.25, 0.3) is 0 Å². The smallest absolute Gasteiger partial charge is 0.539 e. The summed E-state index contributed by atoms with van der Waals surface area (Å²) in [7, 11) is 1.49. The maximum atomic E-state index is 4.84. The van der Waals surface area contributed by atoms with Gasteiger partial charge in [-0.05, 0) is 0 Å². The van der Waals surface area contributed by atoms with E-state index in [9.17, 15) is 0 Å². The molecule has 0 rings (SSSR count). The van der Waals surface area contributed by atoms with E-state index < -0.39 is 0 Å². The van der Waals surface area contributed by atoms with Crippen LogP contribution in [0.25, 0.3) is 0 Å². The Morgan fingerprint density at radius 1 is 1.80 bits per heavy atom. The number of hydrogen-bond donors (Lipinski definition) is 0. The van der Waals surface area contributed by atoms with E-state index in [1.54, 1.807) is 0 Å². The fraction of sp³-hybridized carbons (Fsp3) is 0.500. The molecule has 0 saturated heterocycles. The Kier molecular flexibility index (Phi) is 16.4. The average Bonchev–Trinajstić information content (AvgIpc) is 1.37. The quantitative estimate of drug-likeness (QED) is 0.265. The van der Waals surface area contributed by atoms with E-state index in [1.807, 2.05) is 0 Å². The predicted octanol–water partition coefficient (Wildman–Crippen LogP) is -2.01. The molecule has 3 heteroatoms. The van der Waals surface area contributed by atoms with Crippen LogP contribution in [0.15, 0.2) is 0 Å². The van der Waals surface area contributed by atoms with Gasteiger partial charge in [0.1, 0.15) is 0 Å². The molecule has 0 heterocycles. The minimum Gasteiger partial charge on any atom is -0.539 e. The normalized spacial score (nSPS) is 6.00. The first-order valence-corrected chi connectivity index (χ1v) is 1.30. The fourth-order valence-corrected chi connectivity index (χ4v) is 0.